The number of halogens is 2. The van der Waals surface area contributed by atoms with Gasteiger partial charge < -0.3 is 20.3 Å². The Morgan fingerprint density at radius 1 is 1.31 bits per heavy atom. The van der Waals surface area contributed by atoms with Gasteiger partial charge in [-0.3, -0.25) is 0 Å². The molecule has 1 aliphatic heterocycles. The number of carbonyl (C=O) groups is 1. The Labute approximate surface area is 165 Å². The number of nitrogens with zero attached hydrogens (tertiary/aromatic N) is 4. The standard InChI is InChI=1S/C19H20F2N6O2/c1-29-5-4-22-15-6-12-9-27(25-18(12)23-8-15)17-7-14(2-3-16(17)21)24-19(28)26-10-13(20)11-26/h2-3,6-9,13,22H,4-5,10-11H2,1H3,(H,24,28). The van der Waals surface area contributed by atoms with Crippen molar-refractivity contribution >= 4 is 28.4 Å². The van der Waals surface area contributed by atoms with E-state index in [1.165, 1.54) is 27.8 Å². The molecule has 1 aromatic carbocycles. The number of urea groups is 1. The minimum atomic E-state index is -0.984. The molecule has 3 heterocycles. The molecule has 0 bridgehead atoms. The molecule has 29 heavy (non-hydrogen) atoms. The number of amides is 2. The van der Waals surface area contributed by atoms with Gasteiger partial charge in [-0.25, -0.2) is 23.2 Å². The second kappa shape index (κ2) is 8.00. The van der Waals surface area contributed by atoms with Crippen molar-refractivity contribution in [2.24, 2.45) is 0 Å². The average Bonchev–Trinajstić information content (AvgIpc) is 3.10. The molecule has 1 saturated heterocycles. The lowest BCUT2D eigenvalue weighted by Crippen LogP contribution is -2.53. The molecule has 0 spiro atoms. The fourth-order valence-corrected chi connectivity index (χ4v) is 2.99. The summed E-state index contributed by atoms with van der Waals surface area (Å²) in [6.45, 7) is 1.33. The molecule has 8 nitrogen and oxygen atoms in total. The van der Waals surface area contributed by atoms with E-state index in [1.54, 1.807) is 19.5 Å². The highest BCUT2D eigenvalue weighted by Crippen LogP contribution is 2.23. The third-order valence-electron chi connectivity index (χ3n) is 4.56. The lowest BCUT2D eigenvalue weighted by atomic mass is 10.2. The van der Waals surface area contributed by atoms with Crippen LogP contribution in [0.3, 0.4) is 0 Å². The number of hydrogen-bond donors (Lipinski definition) is 2. The summed E-state index contributed by atoms with van der Waals surface area (Å²) < 4.78 is 33.7. The SMILES string of the molecule is COCCNc1cnc2nn(-c3cc(NC(=O)N4CC(F)C4)ccc3F)cc2c1. The smallest absolute Gasteiger partial charge is 0.322 e. The first kappa shape index (κ1) is 19.1. The summed E-state index contributed by atoms with van der Waals surface area (Å²) in [6.07, 6.45) is 2.33. The highest BCUT2D eigenvalue weighted by Gasteiger charge is 2.30. The molecule has 0 aliphatic carbocycles. The van der Waals surface area contributed by atoms with Gasteiger partial charge in [-0.2, -0.15) is 0 Å². The zero-order valence-electron chi connectivity index (χ0n) is 15.7. The summed E-state index contributed by atoms with van der Waals surface area (Å²) in [6, 6.07) is 5.61. The van der Waals surface area contributed by atoms with E-state index in [0.29, 0.717) is 24.5 Å². The molecule has 2 amide bonds. The summed E-state index contributed by atoms with van der Waals surface area (Å²) in [7, 11) is 1.62. The number of ether oxygens (including phenoxy) is 1. The largest absolute Gasteiger partial charge is 0.383 e. The third kappa shape index (κ3) is 4.11. The quantitative estimate of drug-likeness (QED) is 0.620. The molecule has 4 rings (SSSR count). The summed E-state index contributed by atoms with van der Waals surface area (Å²) in [4.78, 5) is 17.7. The molecule has 3 aromatic rings. The van der Waals surface area contributed by atoms with Crippen molar-refractivity contribution in [2.75, 3.05) is 44.0 Å². The van der Waals surface area contributed by atoms with Crippen molar-refractivity contribution in [2.45, 2.75) is 6.17 Å². The Morgan fingerprint density at radius 2 is 2.14 bits per heavy atom. The van der Waals surface area contributed by atoms with Crippen LogP contribution in [-0.2, 0) is 4.74 Å². The highest BCUT2D eigenvalue weighted by molar-refractivity contribution is 5.90. The Bertz CT molecular complexity index is 1030. The van der Waals surface area contributed by atoms with Crippen LogP contribution >= 0.6 is 0 Å². The number of hydrogen-bond acceptors (Lipinski definition) is 5. The van der Waals surface area contributed by atoms with Crippen molar-refractivity contribution in [3.63, 3.8) is 0 Å². The summed E-state index contributed by atoms with van der Waals surface area (Å²) >= 11 is 0. The van der Waals surface area contributed by atoms with Crippen LogP contribution in [-0.4, -0.2) is 65.2 Å². The van der Waals surface area contributed by atoms with Gasteiger partial charge in [0.15, 0.2) is 5.65 Å². The molecular formula is C19H20F2N6O2. The first-order valence-corrected chi connectivity index (χ1v) is 9.11. The van der Waals surface area contributed by atoms with Gasteiger partial charge in [0.1, 0.15) is 17.7 Å². The average molecular weight is 402 g/mol. The molecule has 0 radical (unpaired) electrons. The van der Waals surface area contributed by atoms with Gasteiger partial charge in [-0.05, 0) is 24.3 Å². The Hall–Kier alpha value is -3.27. The van der Waals surface area contributed by atoms with E-state index >= 15 is 0 Å². The van der Waals surface area contributed by atoms with Crippen LogP contribution in [0.4, 0.5) is 25.0 Å². The topological polar surface area (TPSA) is 84.3 Å². The van der Waals surface area contributed by atoms with Crippen LogP contribution in [0.25, 0.3) is 16.7 Å². The highest BCUT2D eigenvalue weighted by atomic mass is 19.1. The van der Waals surface area contributed by atoms with Gasteiger partial charge in [0.05, 0.1) is 31.6 Å². The molecule has 0 saturated carbocycles. The number of nitrogens with one attached hydrogen (secondary N) is 2. The minimum Gasteiger partial charge on any atom is -0.383 e. The van der Waals surface area contributed by atoms with Crippen molar-refractivity contribution in [1.29, 1.82) is 0 Å². The predicted octanol–water partition coefficient (Wildman–Crippen LogP) is 2.80. The molecule has 0 atom stereocenters. The number of likely N-dealkylation sites (tertiary alicyclic amines) is 1. The van der Waals surface area contributed by atoms with Crippen LogP contribution in [0, 0.1) is 5.82 Å². The number of aromatic nitrogens is 3. The Kier molecular flexibility index (Phi) is 5.26. The van der Waals surface area contributed by atoms with E-state index < -0.39 is 18.0 Å². The molecule has 1 fully saturated rings. The minimum absolute atomic E-state index is 0.0663. The lowest BCUT2D eigenvalue weighted by Gasteiger charge is -2.34. The van der Waals surface area contributed by atoms with Gasteiger partial charge in [0.2, 0.25) is 0 Å². The van der Waals surface area contributed by atoms with Crippen molar-refractivity contribution < 1.29 is 18.3 Å². The van der Waals surface area contributed by atoms with E-state index in [4.69, 9.17) is 4.74 Å². The van der Waals surface area contributed by atoms with Gasteiger partial charge in [0, 0.05) is 30.9 Å². The van der Waals surface area contributed by atoms with Crippen molar-refractivity contribution in [3.8, 4) is 5.69 Å². The van der Waals surface area contributed by atoms with Crippen LogP contribution in [0.5, 0.6) is 0 Å². The number of anilines is 2. The van der Waals surface area contributed by atoms with Crippen LogP contribution in [0.1, 0.15) is 0 Å². The van der Waals surface area contributed by atoms with Gasteiger partial charge in [0.25, 0.3) is 0 Å². The number of fused-ring (bicyclic) bond motifs is 1. The fraction of sp³-hybridized carbons (Fsp3) is 0.316. The number of carbonyl (C=O) groups excluding carboxylic acids is 1. The number of pyridine rings is 1. The number of alkyl halides is 1. The first-order chi connectivity index (χ1) is 14.0. The summed E-state index contributed by atoms with van der Waals surface area (Å²) in [5.74, 6) is -0.498. The zero-order chi connectivity index (χ0) is 20.4. The summed E-state index contributed by atoms with van der Waals surface area (Å²) in [5, 5.41) is 10.9. The van der Waals surface area contributed by atoms with Crippen molar-refractivity contribution in [1.82, 2.24) is 19.7 Å². The normalized spacial score (nSPS) is 14.1. The monoisotopic (exact) mass is 402 g/mol. The third-order valence-corrected chi connectivity index (χ3v) is 4.56. The Morgan fingerprint density at radius 3 is 2.90 bits per heavy atom. The predicted molar refractivity (Wildman–Crippen MR) is 105 cm³/mol. The maximum absolute atomic E-state index is 14.4. The van der Waals surface area contributed by atoms with Crippen LogP contribution < -0.4 is 10.6 Å². The molecular weight excluding hydrogens is 382 g/mol. The lowest BCUT2D eigenvalue weighted by molar-refractivity contribution is 0.0974. The maximum Gasteiger partial charge on any atom is 0.322 e. The van der Waals surface area contributed by atoms with Crippen LogP contribution in [0.15, 0.2) is 36.7 Å². The second-order valence-electron chi connectivity index (χ2n) is 6.73. The fourth-order valence-electron chi connectivity index (χ4n) is 2.99. The molecule has 10 heteroatoms. The first-order valence-electron chi connectivity index (χ1n) is 9.11. The van der Waals surface area contributed by atoms with E-state index in [1.807, 2.05) is 6.07 Å². The van der Waals surface area contributed by atoms with Crippen LogP contribution in [0.2, 0.25) is 0 Å². The summed E-state index contributed by atoms with van der Waals surface area (Å²) in [5.41, 5.74) is 1.83. The molecule has 0 unspecified atom stereocenters. The maximum atomic E-state index is 14.4. The molecule has 2 aromatic heterocycles. The number of rotatable bonds is 6. The van der Waals surface area contributed by atoms with Gasteiger partial charge >= 0.3 is 6.03 Å². The van der Waals surface area contributed by atoms with E-state index in [-0.39, 0.29) is 18.8 Å². The number of benzene rings is 1. The second-order valence-corrected chi connectivity index (χ2v) is 6.73. The molecule has 2 N–H and O–H groups in total. The number of methoxy groups -OCH3 is 1. The zero-order valence-corrected chi connectivity index (χ0v) is 15.7. The molecule has 152 valence electrons. The van der Waals surface area contributed by atoms with Crippen molar-refractivity contribution in [3.05, 3.63) is 42.5 Å². The van der Waals surface area contributed by atoms with Gasteiger partial charge in [-0.1, -0.05) is 0 Å². The van der Waals surface area contributed by atoms with Gasteiger partial charge in [-0.15, -0.1) is 5.10 Å². The van der Waals surface area contributed by atoms with E-state index in [2.05, 4.69) is 20.7 Å². The molecule has 1 aliphatic rings. The Balaban J connectivity index is 1.55. The van der Waals surface area contributed by atoms with E-state index in [0.717, 1.165) is 11.1 Å². The van der Waals surface area contributed by atoms with E-state index in [9.17, 15) is 13.6 Å².